The zero-order valence-electron chi connectivity index (χ0n) is 26.6. The van der Waals surface area contributed by atoms with E-state index in [9.17, 15) is 27.6 Å². The summed E-state index contributed by atoms with van der Waals surface area (Å²) in [6.07, 6.45) is 2.60. The van der Waals surface area contributed by atoms with E-state index in [1.807, 2.05) is 0 Å². The summed E-state index contributed by atoms with van der Waals surface area (Å²) in [7, 11) is 1.31. The fourth-order valence-electron chi connectivity index (χ4n) is 4.34. The Labute approximate surface area is 276 Å². The van der Waals surface area contributed by atoms with Crippen molar-refractivity contribution in [1.82, 2.24) is 0 Å². The molecule has 48 heavy (non-hydrogen) atoms. The van der Waals surface area contributed by atoms with Crippen molar-refractivity contribution in [3.05, 3.63) is 83.4 Å². The molecule has 0 fully saturated rings. The second kappa shape index (κ2) is 18.8. The number of hydrogen-bond donors (Lipinski definition) is 2. The number of rotatable bonds is 18. The third-order valence-electron chi connectivity index (χ3n) is 6.77. The van der Waals surface area contributed by atoms with Gasteiger partial charge in [0.25, 0.3) is 0 Å². The number of carbonyl (C=O) groups is 3. The van der Waals surface area contributed by atoms with E-state index in [4.69, 9.17) is 35.2 Å². The average Bonchev–Trinajstić information content (AvgIpc) is 3.04. The molecule has 10 nitrogen and oxygen atoms in total. The van der Waals surface area contributed by atoms with Crippen LogP contribution in [0.1, 0.15) is 71.2 Å². The van der Waals surface area contributed by atoms with E-state index in [1.54, 1.807) is 36.4 Å². The standard InChI is InChI=1S/C35H39F3N2O8/c1-44-31-22-25(11-14-30(31)45-19-16-35(36,37)38)34(43)48-29-12-8-24(9-13-29)10-15-32(41)46-17-6-4-2-3-5-7-18-47-33(42)26-20-27(39)23-28(40)21-26/h8-15,20-23H,2-7,16-19,39-40H2,1H3. The number of anilines is 2. The van der Waals surface area contributed by atoms with E-state index in [0.29, 0.717) is 35.7 Å². The summed E-state index contributed by atoms with van der Waals surface area (Å²) in [5.74, 6) is -1.23. The first-order chi connectivity index (χ1) is 22.9. The first-order valence-electron chi connectivity index (χ1n) is 15.3. The van der Waals surface area contributed by atoms with Crippen LogP contribution in [-0.2, 0) is 14.3 Å². The lowest BCUT2D eigenvalue weighted by Crippen LogP contribution is -2.13. The van der Waals surface area contributed by atoms with Gasteiger partial charge in [-0.1, -0.05) is 37.8 Å². The lowest BCUT2D eigenvalue weighted by Gasteiger charge is -2.13. The highest BCUT2D eigenvalue weighted by molar-refractivity contribution is 5.92. The number of unbranched alkanes of at least 4 members (excludes halogenated alkanes) is 5. The number of hydrogen-bond acceptors (Lipinski definition) is 10. The number of carbonyl (C=O) groups excluding carboxylic acids is 3. The van der Waals surface area contributed by atoms with Gasteiger partial charge in [0.05, 0.1) is 44.5 Å². The molecule has 0 saturated heterocycles. The Balaban J connectivity index is 1.28. The molecule has 0 aromatic heterocycles. The Bertz CT molecular complexity index is 1520. The number of alkyl halides is 3. The zero-order valence-corrected chi connectivity index (χ0v) is 26.6. The van der Waals surface area contributed by atoms with Gasteiger partial charge in [-0.2, -0.15) is 13.2 Å². The molecule has 258 valence electrons. The topological polar surface area (TPSA) is 149 Å². The summed E-state index contributed by atoms with van der Waals surface area (Å²) in [5, 5.41) is 0. The Morgan fingerprint density at radius 3 is 1.96 bits per heavy atom. The molecule has 0 radical (unpaired) electrons. The van der Waals surface area contributed by atoms with Crippen molar-refractivity contribution in [3.8, 4) is 17.2 Å². The lowest BCUT2D eigenvalue weighted by molar-refractivity contribution is -0.140. The van der Waals surface area contributed by atoms with E-state index < -0.39 is 37.1 Å². The molecule has 0 atom stereocenters. The van der Waals surface area contributed by atoms with E-state index in [1.165, 1.54) is 43.5 Å². The van der Waals surface area contributed by atoms with Crippen LogP contribution in [0.25, 0.3) is 6.08 Å². The van der Waals surface area contributed by atoms with Crippen LogP contribution < -0.4 is 25.7 Å². The predicted octanol–water partition coefficient (Wildman–Crippen LogP) is 7.16. The molecular weight excluding hydrogens is 633 g/mol. The number of ether oxygens (including phenoxy) is 5. The lowest BCUT2D eigenvalue weighted by atomic mass is 10.1. The first kappa shape index (κ1) is 37.3. The quantitative estimate of drug-likeness (QED) is 0.0468. The van der Waals surface area contributed by atoms with Gasteiger partial charge in [-0.05, 0) is 73.0 Å². The predicted molar refractivity (Wildman–Crippen MR) is 174 cm³/mol. The Kier molecular flexibility index (Phi) is 14.6. The van der Waals surface area contributed by atoms with Gasteiger partial charge in [-0.25, -0.2) is 14.4 Å². The molecule has 0 aliphatic rings. The number of nitrogen functional groups attached to an aromatic ring is 2. The minimum atomic E-state index is -4.35. The van der Waals surface area contributed by atoms with Crippen LogP contribution in [0.2, 0.25) is 0 Å². The number of halogens is 3. The molecule has 0 aliphatic heterocycles. The van der Waals surface area contributed by atoms with Gasteiger partial charge in [-0.3, -0.25) is 0 Å². The fourth-order valence-corrected chi connectivity index (χ4v) is 4.34. The highest BCUT2D eigenvalue weighted by Gasteiger charge is 2.27. The number of nitrogens with two attached hydrogens (primary N) is 2. The van der Waals surface area contributed by atoms with Crippen molar-refractivity contribution in [3.63, 3.8) is 0 Å². The van der Waals surface area contributed by atoms with Gasteiger partial charge >= 0.3 is 24.1 Å². The third kappa shape index (κ3) is 13.7. The SMILES string of the molecule is COc1cc(C(=O)Oc2ccc(C=CC(=O)OCCCCCCCCOC(=O)c3cc(N)cc(N)c3)cc2)ccc1OCCC(F)(F)F. The minimum Gasteiger partial charge on any atom is -0.493 e. The van der Waals surface area contributed by atoms with Gasteiger partial charge in [-0.15, -0.1) is 0 Å². The molecule has 0 bridgehead atoms. The minimum absolute atomic E-state index is 0.0696. The maximum Gasteiger partial charge on any atom is 0.392 e. The Morgan fingerprint density at radius 1 is 0.708 bits per heavy atom. The molecule has 0 heterocycles. The largest absolute Gasteiger partial charge is 0.493 e. The molecule has 3 rings (SSSR count). The van der Waals surface area contributed by atoms with Crippen molar-refractivity contribution in [1.29, 1.82) is 0 Å². The Hall–Kier alpha value is -5.20. The van der Waals surface area contributed by atoms with Crippen molar-refractivity contribution < 1.29 is 51.2 Å². The molecule has 0 spiro atoms. The number of esters is 3. The van der Waals surface area contributed by atoms with Gasteiger partial charge in [0.15, 0.2) is 11.5 Å². The smallest absolute Gasteiger partial charge is 0.392 e. The third-order valence-corrected chi connectivity index (χ3v) is 6.77. The Morgan fingerprint density at radius 2 is 1.33 bits per heavy atom. The normalized spacial score (nSPS) is 11.2. The van der Waals surface area contributed by atoms with Crippen LogP contribution in [0.5, 0.6) is 17.2 Å². The van der Waals surface area contributed by atoms with E-state index in [2.05, 4.69) is 0 Å². The number of benzene rings is 3. The summed E-state index contributed by atoms with van der Waals surface area (Å²) >= 11 is 0. The summed E-state index contributed by atoms with van der Waals surface area (Å²) in [6.45, 7) is 0.0223. The van der Waals surface area contributed by atoms with Gasteiger partial charge in [0.1, 0.15) is 5.75 Å². The van der Waals surface area contributed by atoms with Crippen LogP contribution in [0.3, 0.4) is 0 Å². The second-order valence-electron chi connectivity index (χ2n) is 10.7. The molecule has 0 saturated carbocycles. The first-order valence-corrected chi connectivity index (χ1v) is 15.3. The van der Waals surface area contributed by atoms with Crippen molar-refractivity contribution >= 4 is 35.4 Å². The van der Waals surface area contributed by atoms with E-state index in [-0.39, 0.29) is 22.8 Å². The van der Waals surface area contributed by atoms with Crippen molar-refractivity contribution in [2.45, 2.75) is 51.1 Å². The molecule has 4 N–H and O–H groups in total. The van der Waals surface area contributed by atoms with Crippen LogP contribution >= 0.6 is 0 Å². The summed E-state index contributed by atoms with van der Waals surface area (Å²) < 4.78 is 63.3. The van der Waals surface area contributed by atoms with Crippen LogP contribution in [0, 0.1) is 0 Å². The fraction of sp³-hybridized carbons (Fsp3) is 0.343. The average molecular weight is 673 g/mol. The van der Waals surface area contributed by atoms with E-state index >= 15 is 0 Å². The molecule has 0 unspecified atom stereocenters. The van der Waals surface area contributed by atoms with Crippen LogP contribution in [0.15, 0.2) is 66.7 Å². The van der Waals surface area contributed by atoms with Crippen LogP contribution in [0.4, 0.5) is 24.5 Å². The molecule has 0 amide bonds. The van der Waals surface area contributed by atoms with E-state index in [0.717, 1.165) is 38.5 Å². The zero-order chi connectivity index (χ0) is 34.9. The van der Waals surface area contributed by atoms with Crippen LogP contribution in [-0.4, -0.2) is 51.0 Å². The molecule has 3 aromatic rings. The van der Waals surface area contributed by atoms with Gasteiger partial charge in [0.2, 0.25) is 0 Å². The summed E-state index contributed by atoms with van der Waals surface area (Å²) in [6, 6.07) is 15.0. The highest BCUT2D eigenvalue weighted by Crippen LogP contribution is 2.30. The highest BCUT2D eigenvalue weighted by atomic mass is 19.4. The van der Waals surface area contributed by atoms with Crippen molar-refractivity contribution in [2.75, 3.05) is 38.4 Å². The molecule has 0 aliphatic carbocycles. The number of methoxy groups -OCH3 is 1. The van der Waals surface area contributed by atoms with Crippen molar-refractivity contribution in [2.24, 2.45) is 0 Å². The van der Waals surface area contributed by atoms with Gasteiger partial charge in [0, 0.05) is 17.5 Å². The summed E-state index contributed by atoms with van der Waals surface area (Å²) in [5.41, 5.74) is 13.3. The maximum atomic E-state index is 12.6. The maximum absolute atomic E-state index is 12.6. The summed E-state index contributed by atoms with van der Waals surface area (Å²) in [4.78, 5) is 36.7. The molecule has 3 aromatic carbocycles. The molecular formula is C35H39F3N2O8. The monoisotopic (exact) mass is 672 g/mol. The second-order valence-corrected chi connectivity index (χ2v) is 10.7. The van der Waals surface area contributed by atoms with Gasteiger partial charge < -0.3 is 35.2 Å². The molecule has 13 heteroatoms.